The average molecular weight is 541 g/mol. The molecular weight excluding hydrogens is 511 g/mol. The first-order valence-electron chi connectivity index (χ1n) is 8.24. The highest BCUT2D eigenvalue weighted by atomic mass is 127. The van der Waals surface area contributed by atoms with E-state index in [0.29, 0.717) is 25.7 Å². The van der Waals surface area contributed by atoms with E-state index < -0.39 is 0 Å². The number of benzene rings is 1. The maximum Gasteiger partial charge on any atom is 0.243 e. The van der Waals surface area contributed by atoms with Gasteiger partial charge in [-0.1, -0.05) is 48.0 Å². The predicted molar refractivity (Wildman–Crippen MR) is 121 cm³/mol. The molecule has 1 rings (SSSR count). The molecule has 8 heteroatoms. The second kappa shape index (κ2) is 12.5. The quantitative estimate of drug-likeness (QED) is 0.230. The van der Waals surface area contributed by atoms with Gasteiger partial charge in [0.25, 0.3) is 0 Å². The molecule has 0 saturated heterocycles. The van der Waals surface area contributed by atoms with Gasteiger partial charge in [0.1, 0.15) is 6.54 Å². The number of methoxy groups -OCH3 is 1. The Morgan fingerprint density at radius 2 is 1.92 bits per heavy atom. The van der Waals surface area contributed by atoms with E-state index in [9.17, 15) is 4.79 Å². The molecule has 6 nitrogen and oxygen atoms in total. The van der Waals surface area contributed by atoms with Gasteiger partial charge in [-0.05, 0) is 11.6 Å². The molecule has 1 aromatic rings. The summed E-state index contributed by atoms with van der Waals surface area (Å²) >= 11 is 3.62. The Balaban J connectivity index is 0.00000625. The maximum atomic E-state index is 11.8. The first kappa shape index (κ1) is 25.1. The number of amides is 1. The number of nitrogens with one attached hydrogen (secondary N) is 2. The highest BCUT2D eigenvalue weighted by Crippen LogP contribution is 2.29. The zero-order valence-corrected chi connectivity index (χ0v) is 20.1. The Morgan fingerprint density at radius 1 is 1.27 bits per heavy atom. The third-order valence-corrected chi connectivity index (χ3v) is 4.46. The summed E-state index contributed by atoms with van der Waals surface area (Å²) in [5.41, 5.74) is 1.10. The molecule has 0 radical (unpaired) electrons. The fourth-order valence-electron chi connectivity index (χ4n) is 2.14. The van der Waals surface area contributed by atoms with E-state index in [1.54, 1.807) is 21.2 Å². The summed E-state index contributed by atoms with van der Waals surface area (Å²) in [6.07, 6.45) is 0. The SMILES string of the molecule is COCCNC(=NCC(=O)N(C)C)NCC(C)(C)c1ccccc1Br.I. The molecule has 26 heavy (non-hydrogen) atoms. The van der Waals surface area contributed by atoms with Crippen molar-refractivity contribution < 1.29 is 9.53 Å². The van der Waals surface area contributed by atoms with Gasteiger partial charge in [0, 0.05) is 44.2 Å². The molecule has 0 aliphatic rings. The Labute approximate surface area is 182 Å². The highest BCUT2D eigenvalue weighted by molar-refractivity contribution is 14.0. The Morgan fingerprint density at radius 3 is 2.50 bits per heavy atom. The van der Waals surface area contributed by atoms with Crippen LogP contribution in [-0.2, 0) is 14.9 Å². The van der Waals surface area contributed by atoms with Gasteiger partial charge >= 0.3 is 0 Å². The van der Waals surface area contributed by atoms with Crippen LogP contribution in [0.15, 0.2) is 33.7 Å². The monoisotopic (exact) mass is 540 g/mol. The lowest BCUT2D eigenvalue weighted by molar-refractivity contribution is -0.127. The number of carbonyl (C=O) groups excluding carboxylic acids is 1. The van der Waals surface area contributed by atoms with Gasteiger partial charge in [-0.2, -0.15) is 0 Å². The topological polar surface area (TPSA) is 66.0 Å². The number of carbonyl (C=O) groups is 1. The van der Waals surface area contributed by atoms with Crippen molar-refractivity contribution in [2.24, 2.45) is 4.99 Å². The third kappa shape index (κ3) is 8.68. The van der Waals surface area contributed by atoms with Crippen molar-refractivity contribution in [3.05, 3.63) is 34.3 Å². The van der Waals surface area contributed by atoms with Gasteiger partial charge in [-0.15, -0.1) is 24.0 Å². The molecule has 0 saturated carbocycles. The van der Waals surface area contributed by atoms with Gasteiger partial charge in [0.2, 0.25) is 5.91 Å². The van der Waals surface area contributed by atoms with Crippen LogP contribution in [-0.4, -0.2) is 64.2 Å². The van der Waals surface area contributed by atoms with Crippen molar-refractivity contribution >= 4 is 51.8 Å². The Bertz CT molecular complexity index is 594. The summed E-state index contributed by atoms with van der Waals surface area (Å²) in [6.45, 7) is 6.29. The summed E-state index contributed by atoms with van der Waals surface area (Å²) in [6, 6.07) is 8.18. The fraction of sp³-hybridized carbons (Fsp3) is 0.556. The molecule has 0 aromatic heterocycles. The van der Waals surface area contributed by atoms with Crippen molar-refractivity contribution in [1.82, 2.24) is 15.5 Å². The lowest BCUT2D eigenvalue weighted by atomic mass is 9.84. The first-order valence-corrected chi connectivity index (χ1v) is 9.03. The Hall–Kier alpha value is -0.870. The molecular formula is C18H30BrIN4O2. The van der Waals surface area contributed by atoms with Gasteiger partial charge < -0.3 is 20.3 Å². The number of hydrogen-bond donors (Lipinski definition) is 2. The van der Waals surface area contributed by atoms with Crippen LogP contribution >= 0.6 is 39.9 Å². The van der Waals surface area contributed by atoms with Crippen LogP contribution in [0.3, 0.4) is 0 Å². The molecule has 148 valence electrons. The second-order valence-electron chi connectivity index (χ2n) is 6.59. The van der Waals surface area contributed by atoms with E-state index in [-0.39, 0.29) is 41.8 Å². The molecule has 0 atom stereocenters. The minimum Gasteiger partial charge on any atom is -0.383 e. The summed E-state index contributed by atoms with van der Waals surface area (Å²) in [7, 11) is 5.09. The van der Waals surface area contributed by atoms with Crippen molar-refractivity contribution in [3.8, 4) is 0 Å². The zero-order chi connectivity index (χ0) is 18.9. The van der Waals surface area contributed by atoms with Crippen molar-refractivity contribution in [2.75, 3.05) is 47.4 Å². The molecule has 1 aromatic carbocycles. The minimum atomic E-state index is -0.116. The van der Waals surface area contributed by atoms with Crippen LogP contribution in [0.5, 0.6) is 0 Å². The maximum absolute atomic E-state index is 11.8. The van der Waals surface area contributed by atoms with Crippen LogP contribution in [0.2, 0.25) is 0 Å². The molecule has 0 unspecified atom stereocenters. The molecule has 1 amide bonds. The normalized spacial score (nSPS) is 11.5. The van der Waals surface area contributed by atoms with E-state index in [2.05, 4.69) is 51.5 Å². The third-order valence-electron chi connectivity index (χ3n) is 3.77. The van der Waals surface area contributed by atoms with Crippen molar-refractivity contribution in [1.29, 1.82) is 0 Å². The van der Waals surface area contributed by atoms with Gasteiger partial charge in [0.15, 0.2) is 5.96 Å². The number of hydrogen-bond acceptors (Lipinski definition) is 3. The second-order valence-corrected chi connectivity index (χ2v) is 7.44. The molecule has 2 N–H and O–H groups in total. The summed E-state index contributed by atoms with van der Waals surface area (Å²) in [4.78, 5) is 17.7. The van der Waals surface area contributed by atoms with Crippen molar-refractivity contribution in [3.63, 3.8) is 0 Å². The number of rotatable bonds is 8. The summed E-state index contributed by atoms with van der Waals surface area (Å²) in [5.74, 6) is 0.560. The smallest absolute Gasteiger partial charge is 0.243 e. The van der Waals surface area contributed by atoms with Crippen molar-refractivity contribution in [2.45, 2.75) is 19.3 Å². The molecule has 0 spiro atoms. The first-order chi connectivity index (χ1) is 11.8. The van der Waals surface area contributed by atoms with E-state index in [1.165, 1.54) is 10.5 Å². The van der Waals surface area contributed by atoms with Crippen LogP contribution in [0.1, 0.15) is 19.4 Å². The predicted octanol–water partition coefficient (Wildman–Crippen LogP) is 2.61. The summed E-state index contributed by atoms with van der Waals surface area (Å²) in [5, 5.41) is 6.52. The Kier molecular flexibility index (Phi) is 12.1. The van der Waals surface area contributed by atoms with E-state index in [1.807, 2.05) is 18.2 Å². The fourth-order valence-corrected chi connectivity index (χ4v) is 2.97. The number of guanidine groups is 1. The highest BCUT2D eigenvalue weighted by Gasteiger charge is 2.23. The van der Waals surface area contributed by atoms with E-state index >= 15 is 0 Å². The van der Waals surface area contributed by atoms with Crippen LogP contribution < -0.4 is 10.6 Å². The summed E-state index contributed by atoms with van der Waals surface area (Å²) < 4.78 is 6.14. The van der Waals surface area contributed by atoms with E-state index in [0.717, 1.165) is 4.47 Å². The number of likely N-dealkylation sites (N-methyl/N-ethyl adjacent to an activating group) is 1. The van der Waals surface area contributed by atoms with Crippen LogP contribution in [0, 0.1) is 0 Å². The van der Waals surface area contributed by atoms with Gasteiger partial charge in [0.05, 0.1) is 6.61 Å². The number of aliphatic imine (C=N–C) groups is 1. The largest absolute Gasteiger partial charge is 0.383 e. The van der Waals surface area contributed by atoms with Crippen LogP contribution in [0.25, 0.3) is 0 Å². The lowest BCUT2D eigenvalue weighted by Gasteiger charge is -2.28. The molecule has 0 bridgehead atoms. The average Bonchev–Trinajstić information content (AvgIpc) is 2.56. The zero-order valence-electron chi connectivity index (χ0n) is 16.1. The molecule has 0 fully saturated rings. The standard InChI is InChI=1S/C18H29BrN4O2.HI/c1-18(2,14-8-6-7-9-15(14)19)13-22-17(20-10-11-25-5)21-12-16(24)23(3)4;/h6-9H,10-13H2,1-5H3,(H2,20,21,22);1H. The number of halogens is 2. The minimum absolute atomic E-state index is 0. The van der Waals surface area contributed by atoms with E-state index in [4.69, 9.17) is 4.74 Å². The van der Waals surface area contributed by atoms with Gasteiger partial charge in [-0.3, -0.25) is 4.79 Å². The molecule has 0 aliphatic carbocycles. The lowest BCUT2D eigenvalue weighted by Crippen LogP contribution is -2.45. The van der Waals surface area contributed by atoms with Crippen LogP contribution in [0.4, 0.5) is 0 Å². The number of ether oxygens (including phenoxy) is 1. The van der Waals surface area contributed by atoms with Gasteiger partial charge in [-0.25, -0.2) is 4.99 Å². The number of nitrogens with zero attached hydrogens (tertiary/aromatic N) is 2. The molecule has 0 aliphatic heterocycles. The molecule has 0 heterocycles.